The second kappa shape index (κ2) is 4.24. The Labute approximate surface area is 77.0 Å². The molecule has 12 heavy (non-hydrogen) atoms. The highest BCUT2D eigenvalue weighted by atomic mass is 32.1. The Kier molecular flexibility index (Phi) is 3.27. The standard InChI is InChI=1S/C9H12N2S/c1-4-5-10-6-9-11-7(2)8(3)12-9/h1,10H,5-6H2,2-3H3. The maximum Gasteiger partial charge on any atom is 0.107 e. The molecular formula is C9H12N2S. The average Bonchev–Trinajstić information content (AvgIpc) is 2.32. The summed E-state index contributed by atoms with van der Waals surface area (Å²) in [6.07, 6.45) is 5.10. The van der Waals surface area contributed by atoms with Gasteiger partial charge in [0, 0.05) is 11.4 Å². The highest BCUT2D eigenvalue weighted by Gasteiger charge is 2.01. The van der Waals surface area contributed by atoms with Crippen molar-refractivity contribution in [3.63, 3.8) is 0 Å². The summed E-state index contributed by atoms with van der Waals surface area (Å²) in [6.45, 7) is 5.50. The number of aromatic nitrogens is 1. The number of nitrogens with one attached hydrogen (secondary N) is 1. The van der Waals surface area contributed by atoms with E-state index >= 15 is 0 Å². The normalized spacial score (nSPS) is 9.75. The van der Waals surface area contributed by atoms with Crippen molar-refractivity contribution in [2.24, 2.45) is 0 Å². The Bertz CT molecular complexity index is 276. The third-order valence-electron chi connectivity index (χ3n) is 1.58. The van der Waals surface area contributed by atoms with E-state index in [9.17, 15) is 0 Å². The molecule has 0 bridgehead atoms. The van der Waals surface area contributed by atoms with Crippen LogP contribution in [0.5, 0.6) is 0 Å². The zero-order valence-electron chi connectivity index (χ0n) is 7.35. The van der Waals surface area contributed by atoms with Crippen molar-refractivity contribution in [3.8, 4) is 12.3 Å². The van der Waals surface area contributed by atoms with Gasteiger partial charge in [0.25, 0.3) is 0 Å². The Morgan fingerprint density at radius 3 is 2.83 bits per heavy atom. The molecule has 0 aromatic carbocycles. The first-order valence-corrected chi connectivity index (χ1v) is 4.62. The molecule has 0 saturated carbocycles. The third kappa shape index (κ3) is 2.33. The van der Waals surface area contributed by atoms with Gasteiger partial charge < -0.3 is 0 Å². The number of rotatable bonds is 3. The van der Waals surface area contributed by atoms with Gasteiger partial charge in [-0.2, -0.15) is 0 Å². The highest BCUT2D eigenvalue weighted by molar-refractivity contribution is 7.11. The number of terminal acetylenes is 1. The predicted molar refractivity (Wildman–Crippen MR) is 52.1 cm³/mol. The van der Waals surface area contributed by atoms with E-state index < -0.39 is 0 Å². The molecule has 0 aliphatic carbocycles. The molecule has 0 fully saturated rings. The number of hydrogen-bond acceptors (Lipinski definition) is 3. The molecule has 1 aromatic heterocycles. The summed E-state index contributed by atoms with van der Waals surface area (Å²) in [5.74, 6) is 2.53. The molecule has 1 rings (SSSR count). The topological polar surface area (TPSA) is 24.9 Å². The number of thiazole rings is 1. The van der Waals surface area contributed by atoms with Gasteiger partial charge in [-0.15, -0.1) is 17.8 Å². The van der Waals surface area contributed by atoms with Crippen LogP contribution in [0.25, 0.3) is 0 Å². The van der Waals surface area contributed by atoms with Gasteiger partial charge in [-0.25, -0.2) is 4.98 Å². The molecule has 1 N–H and O–H groups in total. The van der Waals surface area contributed by atoms with Crippen LogP contribution < -0.4 is 5.32 Å². The molecule has 0 aliphatic rings. The zero-order valence-corrected chi connectivity index (χ0v) is 8.16. The fourth-order valence-corrected chi connectivity index (χ4v) is 1.76. The molecule has 2 nitrogen and oxygen atoms in total. The van der Waals surface area contributed by atoms with E-state index in [0.29, 0.717) is 6.54 Å². The minimum Gasteiger partial charge on any atom is -0.300 e. The second-order valence-electron chi connectivity index (χ2n) is 2.56. The van der Waals surface area contributed by atoms with Crippen molar-refractivity contribution >= 4 is 11.3 Å². The first-order valence-electron chi connectivity index (χ1n) is 3.81. The number of aryl methyl sites for hydroxylation is 2. The summed E-state index contributed by atoms with van der Waals surface area (Å²) in [7, 11) is 0. The molecule has 64 valence electrons. The lowest BCUT2D eigenvalue weighted by atomic mass is 10.4. The third-order valence-corrected chi connectivity index (χ3v) is 2.65. The Morgan fingerprint density at radius 1 is 1.58 bits per heavy atom. The van der Waals surface area contributed by atoms with Gasteiger partial charge in [0.2, 0.25) is 0 Å². The van der Waals surface area contributed by atoms with E-state index in [0.717, 1.165) is 17.2 Å². The van der Waals surface area contributed by atoms with Crippen molar-refractivity contribution < 1.29 is 0 Å². The van der Waals surface area contributed by atoms with Crippen LogP contribution in [0.15, 0.2) is 0 Å². The second-order valence-corrected chi connectivity index (χ2v) is 3.84. The SMILES string of the molecule is C#CCNCc1nc(C)c(C)s1. The molecule has 0 spiro atoms. The predicted octanol–water partition coefficient (Wildman–Crippen LogP) is 1.48. The van der Waals surface area contributed by atoms with Crippen molar-refractivity contribution in [2.45, 2.75) is 20.4 Å². The Hall–Kier alpha value is -0.850. The Morgan fingerprint density at radius 2 is 2.33 bits per heavy atom. The first kappa shape index (κ1) is 9.24. The van der Waals surface area contributed by atoms with Crippen LogP contribution in [0.2, 0.25) is 0 Å². The minimum absolute atomic E-state index is 0.609. The number of nitrogens with zero attached hydrogens (tertiary/aromatic N) is 1. The largest absolute Gasteiger partial charge is 0.300 e. The molecule has 1 aromatic rings. The molecule has 1 heterocycles. The van der Waals surface area contributed by atoms with Gasteiger partial charge in [-0.05, 0) is 13.8 Å². The molecule has 0 aliphatic heterocycles. The van der Waals surface area contributed by atoms with Gasteiger partial charge in [0.1, 0.15) is 5.01 Å². The van der Waals surface area contributed by atoms with Crippen molar-refractivity contribution in [2.75, 3.05) is 6.54 Å². The highest BCUT2D eigenvalue weighted by Crippen LogP contribution is 2.15. The fraction of sp³-hybridized carbons (Fsp3) is 0.444. The summed E-state index contributed by atoms with van der Waals surface area (Å²) in [5.41, 5.74) is 1.12. The summed E-state index contributed by atoms with van der Waals surface area (Å²) >= 11 is 1.72. The van der Waals surface area contributed by atoms with E-state index in [2.05, 4.69) is 23.1 Å². The molecule has 0 saturated heterocycles. The van der Waals surface area contributed by atoms with Crippen LogP contribution in [0.1, 0.15) is 15.6 Å². The van der Waals surface area contributed by atoms with Crippen LogP contribution in [0, 0.1) is 26.2 Å². The van der Waals surface area contributed by atoms with Gasteiger partial charge >= 0.3 is 0 Å². The van der Waals surface area contributed by atoms with E-state index in [4.69, 9.17) is 6.42 Å². The summed E-state index contributed by atoms with van der Waals surface area (Å²) in [5, 5.41) is 4.22. The fourth-order valence-electron chi connectivity index (χ4n) is 0.856. The van der Waals surface area contributed by atoms with Crippen LogP contribution in [0.4, 0.5) is 0 Å². The lowest BCUT2D eigenvalue weighted by molar-refractivity contribution is 0.762. The minimum atomic E-state index is 0.609. The van der Waals surface area contributed by atoms with Crippen molar-refractivity contribution in [1.29, 1.82) is 0 Å². The van der Waals surface area contributed by atoms with Crippen LogP contribution in [-0.2, 0) is 6.54 Å². The van der Waals surface area contributed by atoms with Gasteiger partial charge in [0.15, 0.2) is 0 Å². The lowest BCUT2D eigenvalue weighted by Crippen LogP contribution is -2.12. The van der Waals surface area contributed by atoms with E-state index in [1.807, 2.05) is 6.92 Å². The van der Waals surface area contributed by atoms with Gasteiger partial charge in [-0.3, -0.25) is 5.32 Å². The smallest absolute Gasteiger partial charge is 0.107 e. The number of hydrogen-bond donors (Lipinski definition) is 1. The van der Waals surface area contributed by atoms with Crippen LogP contribution >= 0.6 is 11.3 Å². The van der Waals surface area contributed by atoms with Crippen molar-refractivity contribution in [1.82, 2.24) is 10.3 Å². The van der Waals surface area contributed by atoms with Gasteiger partial charge in [0.05, 0.1) is 12.2 Å². The molecule has 0 amide bonds. The van der Waals surface area contributed by atoms with Crippen LogP contribution in [-0.4, -0.2) is 11.5 Å². The average molecular weight is 180 g/mol. The van der Waals surface area contributed by atoms with E-state index in [1.54, 1.807) is 11.3 Å². The maximum absolute atomic E-state index is 5.10. The van der Waals surface area contributed by atoms with Crippen LogP contribution in [0.3, 0.4) is 0 Å². The van der Waals surface area contributed by atoms with Crippen molar-refractivity contribution in [3.05, 3.63) is 15.6 Å². The van der Waals surface area contributed by atoms with E-state index in [-0.39, 0.29) is 0 Å². The molecule has 3 heteroatoms. The summed E-state index contributed by atoms with van der Waals surface area (Å²) in [4.78, 5) is 5.65. The molecule has 0 unspecified atom stereocenters. The molecular weight excluding hydrogens is 168 g/mol. The van der Waals surface area contributed by atoms with E-state index in [1.165, 1.54) is 4.88 Å². The molecule has 0 radical (unpaired) electrons. The molecule has 0 atom stereocenters. The monoisotopic (exact) mass is 180 g/mol. The van der Waals surface area contributed by atoms with Gasteiger partial charge in [-0.1, -0.05) is 5.92 Å². The maximum atomic E-state index is 5.10. The summed E-state index contributed by atoms with van der Waals surface area (Å²) in [6, 6.07) is 0. The Balaban J connectivity index is 2.48. The zero-order chi connectivity index (χ0) is 8.97. The summed E-state index contributed by atoms with van der Waals surface area (Å²) < 4.78 is 0. The quantitative estimate of drug-likeness (QED) is 0.563. The lowest BCUT2D eigenvalue weighted by Gasteiger charge is -1.93. The first-order chi connectivity index (χ1) is 5.74.